The van der Waals surface area contributed by atoms with Gasteiger partial charge in [0.1, 0.15) is 5.75 Å². The molecule has 0 radical (unpaired) electrons. The number of nitrogens with two attached hydrogens (primary N) is 1. The molecule has 7 heteroatoms. The molecule has 1 unspecified atom stereocenters. The van der Waals surface area contributed by atoms with Crippen LogP contribution in [0.2, 0.25) is 0 Å². The SMILES string of the molecule is Cc1ccc(S(=O)(=O)N2CC(C(N)=O)Oc3cc(C)ccc32)cc1. The number of hydrogen-bond donors (Lipinski definition) is 1. The van der Waals surface area contributed by atoms with E-state index >= 15 is 0 Å². The molecule has 0 spiro atoms. The number of fused-ring (bicyclic) bond motifs is 1. The number of amides is 1. The second-order valence-electron chi connectivity index (χ2n) is 5.83. The first-order chi connectivity index (χ1) is 11.3. The molecule has 1 aliphatic heterocycles. The van der Waals surface area contributed by atoms with Crippen LogP contribution >= 0.6 is 0 Å². The molecule has 0 aromatic heterocycles. The molecule has 2 N–H and O–H groups in total. The van der Waals surface area contributed by atoms with Gasteiger partial charge in [0.2, 0.25) is 0 Å². The van der Waals surface area contributed by atoms with E-state index in [9.17, 15) is 13.2 Å². The van der Waals surface area contributed by atoms with E-state index < -0.39 is 22.0 Å². The van der Waals surface area contributed by atoms with Gasteiger partial charge < -0.3 is 10.5 Å². The fourth-order valence-electron chi connectivity index (χ4n) is 2.57. The van der Waals surface area contributed by atoms with Gasteiger partial charge in [0.25, 0.3) is 15.9 Å². The van der Waals surface area contributed by atoms with Gasteiger partial charge >= 0.3 is 0 Å². The molecular weight excluding hydrogens is 328 g/mol. The van der Waals surface area contributed by atoms with Crippen LogP contribution in [-0.2, 0) is 14.8 Å². The quantitative estimate of drug-likeness (QED) is 0.917. The van der Waals surface area contributed by atoms with Crippen molar-refractivity contribution in [2.45, 2.75) is 24.8 Å². The van der Waals surface area contributed by atoms with Crippen LogP contribution in [0.25, 0.3) is 0 Å². The molecule has 1 aliphatic rings. The van der Waals surface area contributed by atoms with Crippen molar-refractivity contribution in [2.75, 3.05) is 10.8 Å². The topological polar surface area (TPSA) is 89.7 Å². The van der Waals surface area contributed by atoms with E-state index in [2.05, 4.69) is 0 Å². The molecule has 0 saturated carbocycles. The highest BCUT2D eigenvalue weighted by molar-refractivity contribution is 7.92. The number of ether oxygens (including phenoxy) is 1. The molecule has 3 rings (SSSR count). The summed E-state index contributed by atoms with van der Waals surface area (Å²) in [6.07, 6.45) is -1.03. The highest BCUT2D eigenvalue weighted by Gasteiger charge is 2.36. The lowest BCUT2D eigenvalue weighted by molar-refractivity contribution is -0.124. The minimum absolute atomic E-state index is 0.151. The van der Waals surface area contributed by atoms with Crippen molar-refractivity contribution in [3.63, 3.8) is 0 Å². The third-order valence-corrected chi connectivity index (χ3v) is 5.71. The third kappa shape index (κ3) is 2.82. The first-order valence-corrected chi connectivity index (χ1v) is 8.89. The van der Waals surface area contributed by atoms with Crippen molar-refractivity contribution in [2.24, 2.45) is 5.73 Å². The van der Waals surface area contributed by atoms with E-state index in [1.165, 1.54) is 4.31 Å². The van der Waals surface area contributed by atoms with Gasteiger partial charge in [0.15, 0.2) is 6.10 Å². The maximum Gasteiger partial charge on any atom is 0.264 e. The Hall–Kier alpha value is -2.54. The van der Waals surface area contributed by atoms with Crippen molar-refractivity contribution in [3.8, 4) is 5.75 Å². The number of nitrogens with zero attached hydrogens (tertiary/aromatic N) is 1. The lowest BCUT2D eigenvalue weighted by atomic mass is 10.1. The molecule has 1 atom stereocenters. The molecular formula is C17H18N2O4S. The summed E-state index contributed by atoms with van der Waals surface area (Å²) in [5, 5.41) is 0. The Bertz CT molecular complexity index is 891. The number of benzene rings is 2. The monoisotopic (exact) mass is 346 g/mol. The van der Waals surface area contributed by atoms with E-state index in [-0.39, 0.29) is 11.4 Å². The Morgan fingerprint density at radius 2 is 1.75 bits per heavy atom. The Balaban J connectivity index is 2.12. The van der Waals surface area contributed by atoms with Crippen LogP contribution in [0.1, 0.15) is 11.1 Å². The summed E-state index contributed by atoms with van der Waals surface area (Å²) < 4.78 is 32.8. The first-order valence-electron chi connectivity index (χ1n) is 7.45. The van der Waals surface area contributed by atoms with Crippen LogP contribution in [0.4, 0.5) is 5.69 Å². The summed E-state index contributed by atoms with van der Waals surface area (Å²) >= 11 is 0. The van der Waals surface area contributed by atoms with E-state index in [0.29, 0.717) is 11.4 Å². The van der Waals surface area contributed by atoms with Crippen LogP contribution in [0.15, 0.2) is 47.4 Å². The number of anilines is 1. The van der Waals surface area contributed by atoms with Gasteiger partial charge in [-0.3, -0.25) is 9.10 Å². The van der Waals surface area contributed by atoms with Gasteiger partial charge in [-0.1, -0.05) is 23.8 Å². The Morgan fingerprint density at radius 3 is 2.38 bits per heavy atom. The Kier molecular flexibility index (Phi) is 3.96. The molecule has 2 aromatic rings. The summed E-state index contributed by atoms with van der Waals surface area (Å²) in [5.74, 6) is -0.369. The van der Waals surface area contributed by atoms with Gasteiger partial charge in [-0.05, 0) is 43.7 Å². The van der Waals surface area contributed by atoms with Gasteiger partial charge in [-0.25, -0.2) is 8.42 Å². The predicted octanol–water partition coefficient (Wildman–Crippen LogP) is 1.75. The summed E-state index contributed by atoms with van der Waals surface area (Å²) in [6.45, 7) is 3.59. The molecule has 2 aromatic carbocycles. The highest BCUT2D eigenvalue weighted by Crippen LogP contribution is 2.37. The predicted molar refractivity (Wildman–Crippen MR) is 90.5 cm³/mol. The number of sulfonamides is 1. The summed E-state index contributed by atoms with van der Waals surface area (Å²) in [6, 6.07) is 11.7. The molecule has 1 heterocycles. The van der Waals surface area contributed by atoms with E-state index in [1.807, 2.05) is 13.8 Å². The molecule has 0 aliphatic carbocycles. The largest absolute Gasteiger partial charge is 0.476 e. The van der Waals surface area contributed by atoms with E-state index in [0.717, 1.165) is 11.1 Å². The minimum Gasteiger partial charge on any atom is -0.476 e. The van der Waals surface area contributed by atoms with Gasteiger partial charge in [-0.2, -0.15) is 0 Å². The average Bonchev–Trinajstić information content (AvgIpc) is 2.53. The molecule has 1 amide bonds. The average molecular weight is 346 g/mol. The Labute approximate surface area is 140 Å². The number of hydrogen-bond acceptors (Lipinski definition) is 4. The van der Waals surface area contributed by atoms with E-state index in [4.69, 9.17) is 10.5 Å². The van der Waals surface area contributed by atoms with Crippen molar-refractivity contribution in [1.29, 1.82) is 0 Å². The highest BCUT2D eigenvalue weighted by atomic mass is 32.2. The lowest BCUT2D eigenvalue weighted by Gasteiger charge is -2.34. The Morgan fingerprint density at radius 1 is 1.12 bits per heavy atom. The fourth-order valence-corrected chi connectivity index (χ4v) is 4.05. The molecule has 24 heavy (non-hydrogen) atoms. The number of primary amides is 1. The molecule has 6 nitrogen and oxygen atoms in total. The standard InChI is InChI=1S/C17H18N2O4S/c1-11-3-6-13(7-4-11)24(21,22)19-10-16(17(18)20)23-15-9-12(2)5-8-14(15)19/h3-9,16H,10H2,1-2H3,(H2,18,20). The smallest absolute Gasteiger partial charge is 0.264 e. The third-order valence-electron chi connectivity index (χ3n) is 3.91. The summed E-state index contributed by atoms with van der Waals surface area (Å²) in [7, 11) is -3.83. The van der Waals surface area contributed by atoms with Gasteiger partial charge in [0.05, 0.1) is 17.1 Å². The van der Waals surface area contributed by atoms with Gasteiger partial charge in [0, 0.05) is 0 Å². The maximum absolute atomic E-state index is 13.0. The van der Waals surface area contributed by atoms with Crippen LogP contribution < -0.4 is 14.8 Å². The normalized spacial score (nSPS) is 17.1. The molecule has 0 saturated heterocycles. The lowest BCUT2D eigenvalue weighted by Crippen LogP contribution is -2.49. The number of carbonyl (C=O) groups is 1. The van der Waals surface area contributed by atoms with Crippen molar-refractivity contribution < 1.29 is 17.9 Å². The van der Waals surface area contributed by atoms with Crippen LogP contribution in [-0.4, -0.2) is 27.0 Å². The van der Waals surface area contributed by atoms with Crippen molar-refractivity contribution >= 4 is 21.6 Å². The second-order valence-corrected chi connectivity index (χ2v) is 7.69. The first kappa shape index (κ1) is 16.3. The van der Waals surface area contributed by atoms with E-state index in [1.54, 1.807) is 42.5 Å². The fraction of sp³-hybridized carbons (Fsp3) is 0.235. The van der Waals surface area contributed by atoms with Crippen molar-refractivity contribution in [1.82, 2.24) is 0 Å². The number of rotatable bonds is 3. The zero-order valence-corrected chi connectivity index (χ0v) is 14.2. The molecule has 0 bridgehead atoms. The second kappa shape index (κ2) is 5.83. The number of carbonyl (C=O) groups excluding carboxylic acids is 1. The van der Waals surface area contributed by atoms with Crippen LogP contribution in [0.3, 0.4) is 0 Å². The number of aryl methyl sites for hydroxylation is 2. The zero-order valence-electron chi connectivity index (χ0n) is 13.4. The van der Waals surface area contributed by atoms with Gasteiger partial charge in [-0.15, -0.1) is 0 Å². The zero-order chi connectivity index (χ0) is 17.5. The molecule has 126 valence electrons. The molecule has 0 fully saturated rings. The van der Waals surface area contributed by atoms with Crippen LogP contribution in [0.5, 0.6) is 5.75 Å². The summed E-state index contributed by atoms with van der Waals surface area (Å²) in [5.41, 5.74) is 7.60. The summed E-state index contributed by atoms with van der Waals surface area (Å²) in [4.78, 5) is 11.7. The van der Waals surface area contributed by atoms with Crippen molar-refractivity contribution in [3.05, 3.63) is 53.6 Å². The maximum atomic E-state index is 13.0. The van der Waals surface area contributed by atoms with Crippen LogP contribution in [0, 0.1) is 13.8 Å². The minimum atomic E-state index is -3.83.